The first kappa shape index (κ1) is 15.5. The van der Waals surface area contributed by atoms with Crippen molar-refractivity contribution in [3.05, 3.63) is 39.7 Å². The summed E-state index contributed by atoms with van der Waals surface area (Å²) in [7, 11) is 0. The van der Waals surface area contributed by atoms with Crippen molar-refractivity contribution in [1.82, 2.24) is 0 Å². The molecule has 0 aliphatic rings. The van der Waals surface area contributed by atoms with E-state index in [0.29, 0.717) is 33.6 Å². The molecule has 0 saturated heterocycles. The fourth-order valence-electron chi connectivity index (χ4n) is 1.50. The number of hydrogen-bond acceptors (Lipinski definition) is 4. The van der Waals surface area contributed by atoms with Gasteiger partial charge >= 0.3 is 0 Å². The van der Waals surface area contributed by atoms with Gasteiger partial charge in [0.05, 0.1) is 19.9 Å². The molecule has 0 aliphatic heterocycles. The maximum atomic E-state index is 11.9. The number of rotatable bonds is 5. The highest BCUT2D eigenvalue weighted by molar-refractivity contribution is 8.01. The number of hydrogen-bond donors (Lipinski definition) is 2. The zero-order valence-electron chi connectivity index (χ0n) is 10.4. The van der Waals surface area contributed by atoms with Gasteiger partial charge in [0.1, 0.15) is 0 Å². The van der Waals surface area contributed by atoms with Crippen LogP contribution in [0, 0.1) is 0 Å². The second kappa shape index (κ2) is 7.22. The van der Waals surface area contributed by atoms with Gasteiger partial charge < -0.3 is 11.1 Å². The van der Waals surface area contributed by atoms with Crippen molar-refractivity contribution in [2.24, 2.45) is 0 Å². The summed E-state index contributed by atoms with van der Waals surface area (Å²) in [5.74, 6) is 0.582. The van der Waals surface area contributed by atoms with Gasteiger partial charge in [-0.05, 0) is 23.6 Å². The van der Waals surface area contributed by atoms with Crippen molar-refractivity contribution in [1.29, 1.82) is 0 Å². The van der Waals surface area contributed by atoms with Gasteiger partial charge in [-0.3, -0.25) is 4.79 Å². The zero-order chi connectivity index (χ0) is 14.5. The second-order valence-corrected chi connectivity index (χ2v) is 7.10. The van der Waals surface area contributed by atoms with Crippen molar-refractivity contribution >= 4 is 63.6 Å². The Morgan fingerprint density at radius 1 is 1.35 bits per heavy atom. The standard InChI is InChI=1S/C13H12Cl2N2OS2/c14-9-6-8(16)7-10(15)13(9)17-11(18)3-5-20-12-2-1-4-19-12/h1-2,4,6-7H,3,5,16H2,(H,17,18). The van der Waals surface area contributed by atoms with Gasteiger partial charge in [0.15, 0.2) is 0 Å². The normalized spacial score (nSPS) is 10.5. The topological polar surface area (TPSA) is 55.1 Å². The first-order valence-corrected chi connectivity index (χ1v) is 8.39. The number of carbonyl (C=O) groups excluding carboxylic acids is 1. The van der Waals surface area contributed by atoms with E-state index >= 15 is 0 Å². The summed E-state index contributed by atoms with van der Waals surface area (Å²) in [5, 5.41) is 5.41. The van der Waals surface area contributed by atoms with Crippen LogP contribution < -0.4 is 11.1 Å². The number of thiophene rings is 1. The van der Waals surface area contributed by atoms with E-state index < -0.39 is 0 Å². The van der Waals surface area contributed by atoms with Gasteiger partial charge in [0.25, 0.3) is 0 Å². The minimum Gasteiger partial charge on any atom is -0.399 e. The number of anilines is 2. The van der Waals surface area contributed by atoms with Crippen molar-refractivity contribution in [3.63, 3.8) is 0 Å². The van der Waals surface area contributed by atoms with Crippen molar-refractivity contribution < 1.29 is 4.79 Å². The fourth-order valence-corrected chi connectivity index (χ4v) is 3.90. The average Bonchev–Trinajstić information content (AvgIpc) is 2.87. The Labute approximate surface area is 135 Å². The first-order chi connectivity index (χ1) is 9.56. The number of nitrogens with one attached hydrogen (secondary N) is 1. The third kappa shape index (κ3) is 4.31. The van der Waals surface area contributed by atoms with Crippen LogP contribution >= 0.6 is 46.3 Å². The molecular weight excluding hydrogens is 335 g/mol. The summed E-state index contributed by atoms with van der Waals surface area (Å²) in [6.07, 6.45) is 0.388. The minimum absolute atomic E-state index is 0.123. The van der Waals surface area contributed by atoms with Crippen LogP contribution in [0.1, 0.15) is 6.42 Å². The van der Waals surface area contributed by atoms with E-state index in [1.54, 1.807) is 35.2 Å². The van der Waals surface area contributed by atoms with Gasteiger partial charge in [-0.15, -0.1) is 23.1 Å². The molecule has 1 aromatic carbocycles. The monoisotopic (exact) mass is 346 g/mol. The van der Waals surface area contributed by atoms with Crippen LogP contribution in [-0.2, 0) is 4.79 Å². The lowest BCUT2D eigenvalue weighted by molar-refractivity contribution is -0.115. The van der Waals surface area contributed by atoms with E-state index in [-0.39, 0.29) is 5.91 Å². The molecule has 106 valence electrons. The average molecular weight is 347 g/mol. The summed E-state index contributed by atoms with van der Waals surface area (Å²) >= 11 is 15.3. The Morgan fingerprint density at radius 3 is 2.65 bits per heavy atom. The molecule has 2 rings (SSSR count). The van der Waals surface area contributed by atoms with Gasteiger partial charge in [-0.1, -0.05) is 29.3 Å². The predicted molar refractivity (Wildman–Crippen MR) is 89.2 cm³/mol. The molecule has 0 fully saturated rings. The molecule has 0 atom stereocenters. The summed E-state index contributed by atoms with van der Waals surface area (Å²) in [4.78, 5) is 11.9. The van der Waals surface area contributed by atoms with E-state index in [1.807, 2.05) is 17.5 Å². The molecule has 20 heavy (non-hydrogen) atoms. The van der Waals surface area contributed by atoms with Crippen LogP contribution in [0.4, 0.5) is 11.4 Å². The number of nitrogens with two attached hydrogens (primary N) is 1. The maximum absolute atomic E-state index is 11.9. The molecule has 0 spiro atoms. The van der Waals surface area contributed by atoms with Crippen LogP contribution in [0.25, 0.3) is 0 Å². The van der Waals surface area contributed by atoms with Crippen molar-refractivity contribution in [3.8, 4) is 0 Å². The van der Waals surface area contributed by atoms with Crippen LogP contribution in [0.2, 0.25) is 10.0 Å². The Balaban J connectivity index is 1.88. The quantitative estimate of drug-likeness (QED) is 0.606. The molecule has 0 aliphatic carbocycles. The number of thioether (sulfide) groups is 1. The molecule has 1 amide bonds. The number of carbonyl (C=O) groups is 1. The Hall–Kier alpha value is -0.880. The second-order valence-electron chi connectivity index (χ2n) is 3.94. The van der Waals surface area contributed by atoms with Gasteiger partial charge in [0, 0.05) is 17.9 Å². The number of nitrogen functional groups attached to an aromatic ring is 1. The molecule has 0 saturated carbocycles. The van der Waals surface area contributed by atoms with Crippen LogP contribution in [-0.4, -0.2) is 11.7 Å². The predicted octanol–water partition coefficient (Wildman–Crippen LogP) is 4.76. The number of benzene rings is 1. The van der Waals surface area contributed by atoms with Crippen LogP contribution in [0.5, 0.6) is 0 Å². The fraction of sp³-hybridized carbons (Fsp3) is 0.154. The maximum Gasteiger partial charge on any atom is 0.225 e. The van der Waals surface area contributed by atoms with Crippen molar-refractivity contribution in [2.45, 2.75) is 10.6 Å². The molecule has 0 radical (unpaired) electrons. The smallest absolute Gasteiger partial charge is 0.225 e. The summed E-state index contributed by atoms with van der Waals surface area (Å²) in [6, 6.07) is 7.13. The summed E-state index contributed by atoms with van der Waals surface area (Å²) < 4.78 is 1.20. The van der Waals surface area contributed by atoms with Gasteiger partial charge in [-0.2, -0.15) is 0 Å². The molecule has 0 bridgehead atoms. The SMILES string of the molecule is Nc1cc(Cl)c(NC(=O)CCSc2cccs2)c(Cl)c1. The summed E-state index contributed by atoms with van der Waals surface area (Å²) in [5.41, 5.74) is 6.48. The van der Waals surface area contributed by atoms with E-state index in [9.17, 15) is 4.79 Å². The Kier molecular flexibility index (Phi) is 5.60. The lowest BCUT2D eigenvalue weighted by Crippen LogP contribution is -2.13. The van der Waals surface area contributed by atoms with E-state index in [1.165, 1.54) is 4.21 Å². The largest absolute Gasteiger partial charge is 0.399 e. The molecule has 3 N–H and O–H groups in total. The number of halogens is 2. The highest BCUT2D eigenvalue weighted by Crippen LogP contribution is 2.33. The molecule has 7 heteroatoms. The molecule has 2 aromatic rings. The molecular formula is C13H12Cl2N2OS2. The van der Waals surface area contributed by atoms with E-state index in [2.05, 4.69) is 5.32 Å². The van der Waals surface area contributed by atoms with E-state index in [0.717, 1.165) is 0 Å². The van der Waals surface area contributed by atoms with Crippen LogP contribution in [0.15, 0.2) is 33.9 Å². The molecule has 1 aromatic heterocycles. The first-order valence-electron chi connectivity index (χ1n) is 5.77. The summed E-state index contributed by atoms with van der Waals surface area (Å²) in [6.45, 7) is 0. The third-order valence-electron chi connectivity index (χ3n) is 2.40. The van der Waals surface area contributed by atoms with Crippen molar-refractivity contribution in [2.75, 3.05) is 16.8 Å². The molecule has 1 heterocycles. The Morgan fingerprint density at radius 2 is 2.05 bits per heavy atom. The van der Waals surface area contributed by atoms with Gasteiger partial charge in [-0.25, -0.2) is 0 Å². The van der Waals surface area contributed by atoms with E-state index in [4.69, 9.17) is 28.9 Å². The lowest BCUT2D eigenvalue weighted by Gasteiger charge is -2.10. The minimum atomic E-state index is -0.123. The highest BCUT2D eigenvalue weighted by Gasteiger charge is 2.11. The molecule has 0 unspecified atom stereocenters. The lowest BCUT2D eigenvalue weighted by atomic mass is 10.2. The highest BCUT2D eigenvalue weighted by atomic mass is 35.5. The third-order valence-corrected chi connectivity index (χ3v) is 5.13. The zero-order valence-corrected chi connectivity index (χ0v) is 13.5. The van der Waals surface area contributed by atoms with Gasteiger partial charge in [0.2, 0.25) is 5.91 Å². The number of amides is 1. The molecule has 3 nitrogen and oxygen atoms in total. The van der Waals surface area contributed by atoms with Crippen LogP contribution in [0.3, 0.4) is 0 Å². The Bertz CT molecular complexity index is 579.